The number of halogens is 1. The minimum absolute atomic E-state index is 0.0651. The van der Waals surface area contributed by atoms with Crippen LogP contribution in [-0.2, 0) is 21.7 Å². The molecule has 1 aromatic heterocycles. The van der Waals surface area contributed by atoms with Crippen LogP contribution < -0.4 is 5.32 Å². The van der Waals surface area contributed by atoms with Gasteiger partial charge in [-0.3, -0.25) is 9.48 Å². The zero-order valence-corrected chi connectivity index (χ0v) is 15.5. The third-order valence-electron chi connectivity index (χ3n) is 3.40. The number of carbonyl (C=O) groups excluding carboxylic acids is 1. The van der Waals surface area contributed by atoms with Gasteiger partial charge in [-0.25, -0.2) is 8.42 Å². The molecule has 0 spiro atoms. The Labute approximate surface area is 143 Å². The number of aryl methyl sites for hydroxylation is 2. The lowest BCUT2D eigenvalue weighted by molar-refractivity contribution is -0.113. The summed E-state index contributed by atoms with van der Waals surface area (Å²) in [6.07, 6.45) is 0. The molecule has 1 aromatic carbocycles. The van der Waals surface area contributed by atoms with Gasteiger partial charge in [0.25, 0.3) is 0 Å². The molecule has 0 saturated carbocycles. The van der Waals surface area contributed by atoms with Gasteiger partial charge in [0, 0.05) is 22.8 Å². The molecule has 0 saturated heterocycles. The Balaban J connectivity index is 2.36. The lowest BCUT2D eigenvalue weighted by atomic mass is 10.1. The fraction of sp³-hybridized carbons (Fsp3) is 0.333. The van der Waals surface area contributed by atoms with E-state index in [9.17, 15) is 13.2 Å². The highest BCUT2D eigenvalue weighted by Crippen LogP contribution is 2.31. The molecular weight excluding hydrogens is 382 g/mol. The van der Waals surface area contributed by atoms with Crippen molar-refractivity contribution < 1.29 is 13.2 Å². The molecule has 0 aliphatic carbocycles. The molecule has 2 rings (SSSR count). The van der Waals surface area contributed by atoms with Gasteiger partial charge >= 0.3 is 0 Å². The van der Waals surface area contributed by atoms with E-state index in [1.165, 1.54) is 6.92 Å². The molecule has 0 aliphatic heterocycles. The van der Waals surface area contributed by atoms with Crippen molar-refractivity contribution in [3.05, 3.63) is 34.4 Å². The second-order valence-corrected chi connectivity index (χ2v) is 8.43. The minimum Gasteiger partial charge on any atom is -0.310 e. The van der Waals surface area contributed by atoms with Crippen LogP contribution in [0, 0.1) is 6.92 Å². The van der Waals surface area contributed by atoms with E-state index in [1.54, 1.807) is 11.7 Å². The standard InChI is InChI=1S/C15H18BrN3O3S/c1-4-23(21,22)9-13(20)17-15-14(10(2)18-19(15)3)11-5-7-12(16)8-6-11/h5-8H,4,9H2,1-3H3,(H,17,20). The number of benzene rings is 1. The van der Waals surface area contributed by atoms with Gasteiger partial charge in [-0.1, -0.05) is 35.0 Å². The SMILES string of the molecule is CCS(=O)(=O)CC(=O)Nc1c(-c2ccc(Br)cc2)c(C)nn1C. The number of rotatable bonds is 5. The molecule has 0 fully saturated rings. The number of amides is 1. The quantitative estimate of drug-likeness (QED) is 0.837. The highest BCUT2D eigenvalue weighted by atomic mass is 79.9. The second-order valence-electron chi connectivity index (χ2n) is 5.16. The van der Waals surface area contributed by atoms with E-state index >= 15 is 0 Å². The summed E-state index contributed by atoms with van der Waals surface area (Å²) < 4.78 is 25.7. The number of aromatic nitrogens is 2. The molecule has 1 N–H and O–H groups in total. The van der Waals surface area contributed by atoms with Gasteiger partial charge in [0.2, 0.25) is 5.91 Å². The Morgan fingerprint density at radius 3 is 2.48 bits per heavy atom. The van der Waals surface area contributed by atoms with Crippen LogP contribution in [-0.4, -0.2) is 35.6 Å². The number of nitrogens with one attached hydrogen (secondary N) is 1. The molecule has 0 aliphatic rings. The van der Waals surface area contributed by atoms with Crippen LogP contribution in [0.2, 0.25) is 0 Å². The second kappa shape index (κ2) is 6.84. The largest absolute Gasteiger partial charge is 0.310 e. The van der Waals surface area contributed by atoms with Gasteiger partial charge in [-0.15, -0.1) is 0 Å². The first-order valence-electron chi connectivity index (χ1n) is 7.03. The van der Waals surface area contributed by atoms with Crippen molar-refractivity contribution in [1.82, 2.24) is 9.78 Å². The van der Waals surface area contributed by atoms with Crippen molar-refractivity contribution in [3.63, 3.8) is 0 Å². The van der Waals surface area contributed by atoms with Crippen LogP contribution in [0.4, 0.5) is 5.82 Å². The summed E-state index contributed by atoms with van der Waals surface area (Å²) in [4.78, 5) is 12.0. The van der Waals surface area contributed by atoms with Crippen molar-refractivity contribution in [3.8, 4) is 11.1 Å². The normalized spacial score (nSPS) is 11.5. The zero-order valence-electron chi connectivity index (χ0n) is 13.1. The molecule has 2 aromatic rings. The lowest BCUT2D eigenvalue weighted by Crippen LogP contribution is -2.25. The average molecular weight is 400 g/mol. The van der Waals surface area contributed by atoms with Crippen LogP contribution in [0.3, 0.4) is 0 Å². The molecule has 1 amide bonds. The van der Waals surface area contributed by atoms with Crippen LogP contribution in [0.15, 0.2) is 28.7 Å². The van der Waals surface area contributed by atoms with Gasteiger partial charge in [0.1, 0.15) is 11.6 Å². The maximum absolute atomic E-state index is 12.0. The van der Waals surface area contributed by atoms with E-state index in [1.807, 2.05) is 31.2 Å². The van der Waals surface area contributed by atoms with E-state index in [4.69, 9.17) is 0 Å². The Morgan fingerprint density at radius 1 is 1.30 bits per heavy atom. The third kappa shape index (κ3) is 4.20. The summed E-state index contributed by atoms with van der Waals surface area (Å²) in [5.41, 5.74) is 2.43. The van der Waals surface area contributed by atoms with E-state index in [2.05, 4.69) is 26.3 Å². The lowest BCUT2D eigenvalue weighted by Gasteiger charge is -2.09. The maximum atomic E-state index is 12.0. The van der Waals surface area contributed by atoms with Crippen molar-refractivity contribution >= 4 is 37.5 Å². The molecule has 0 unspecified atom stereocenters. The molecule has 0 radical (unpaired) electrons. The first kappa shape index (κ1) is 17.7. The number of nitrogens with zero attached hydrogens (tertiary/aromatic N) is 2. The zero-order chi connectivity index (χ0) is 17.2. The molecule has 8 heteroatoms. The summed E-state index contributed by atoms with van der Waals surface area (Å²) in [5, 5.41) is 6.99. The van der Waals surface area contributed by atoms with Crippen LogP contribution in [0.25, 0.3) is 11.1 Å². The third-order valence-corrected chi connectivity index (χ3v) is 5.51. The van der Waals surface area contributed by atoms with Crippen LogP contribution >= 0.6 is 15.9 Å². The molecular formula is C15H18BrN3O3S. The van der Waals surface area contributed by atoms with Gasteiger partial charge < -0.3 is 5.32 Å². The highest BCUT2D eigenvalue weighted by Gasteiger charge is 2.20. The monoisotopic (exact) mass is 399 g/mol. The molecule has 0 atom stereocenters. The first-order chi connectivity index (χ1) is 10.7. The van der Waals surface area contributed by atoms with Crippen LogP contribution in [0.5, 0.6) is 0 Å². The topological polar surface area (TPSA) is 81.1 Å². The predicted octanol–water partition coefficient (Wildman–Crippen LogP) is 2.53. The Morgan fingerprint density at radius 2 is 1.91 bits per heavy atom. The first-order valence-corrected chi connectivity index (χ1v) is 9.64. The van der Waals surface area contributed by atoms with Crippen molar-refractivity contribution in [2.24, 2.45) is 7.05 Å². The number of carbonyl (C=O) groups is 1. The Bertz CT molecular complexity index is 826. The Hall–Kier alpha value is -1.67. The van der Waals surface area contributed by atoms with Gasteiger partial charge in [0.05, 0.1) is 5.69 Å². The van der Waals surface area contributed by atoms with Crippen molar-refractivity contribution in [2.75, 3.05) is 16.8 Å². The fourth-order valence-electron chi connectivity index (χ4n) is 2.23. The van der Waals surface area contributed by atoms with Crippen molar-refractivity contribution in [2.45, 2.75) is 13.8 Å². The van der Waals surface area contributed by atoms with Gasteiger partial charge in [-0.05, 0) is 24.6 Å². The molecule has 1 heterocycles. The minimum atomic E-state index is -3.38. The van der Waals surface area contributed by atoms with E-state index in [-0.39, 0.29) is 5.75 Å². The van der Waals surface area contributed by atoms with E-state index in [0.717, 1.165) is 21.3 Å². The number of anilines is 1. The number of sulfone groups is 1. The molecule has 23 heavy (non-hydrogen) atoms. The summed E-state index contributed by atoms with van der Waals surface area (Å²) >= 11 is 3.38. The summed E-state index contributed by atoms with van der Waals surface area (Å²) in [5.74, 6) is -0.674. The summed E-state index contributed by atoms with van der Waals surface area (Å²) in [6, 6.07) is 7.61. The number of hydrogen-bond acceptors (Lipinski definition) is 4. The number of hydrogen-bond donors (Lipinski definition) is 1. The average Bonchev–Trinajstić information content (AvgIpc) is 2.74. The smallest absolute Gasteiger partial charge is 0.240 e. The Kier molecular flexibility index (Phi) is 5.26. The summed E-state index contributed by atoms with van der Waals surface area (Å²) in [6.45, 7) is 3.36. The highest BCUT2D eigenvalue weighted by molar-refractivity contribution is 9.10. The van der Waals surface area contributed by atoms with Gasteiger partial charge in [-0.2, -0.15) is 5.10 Å². The van der Waals surface area contributed by atoms with Gasteiger partial charge in [0.15, 0.2) is 9.84 Å². The fourth-order valence-corrected chi connectivity index (χ4v) is 3.17. The van der Waals surface area contributed by atoms with Crippen molar-refractivity contribution in [1.29, 1.82) is 0 Å². The molecule has 0 bridgehead atoms. The molecule has 6 nitrogen and oxygen atoms in total. The maximum Gasteiger partial charge on any atom is 0.240 e. The predicted molar refractivity (Wildman–Crippen MR) is 94.0 cm³/mol. The van der Waals surface area contributed by atoms with Crippen LogP contribution in [0.1, 0.15) is 12.6 Å². The van der Waals surface area contributed by atoms with E-state index in [0.29, 0.717) is 5.82 Å². The summed E-state index contributed by atoms with van der Waals surface area (Å²) in [7, 11) is -1.67. The molecule has 124 valence electrons. The van der Waals surface area contributed by atoms with E-state index < -0.39 is 21.5 Å².